The monoisotopic (exact) mass is 403 g/mol. The minimum Gasteiger partial charge on any atom is -0.485 e. The molecule has 1 aromatic carbocycles. The highest BCUT2D eigenvalue weighted by Gasteiger charge is 2.10. The average Bonchev–Trinajstić information content (AvgIpc) is 2.69. The molecule has 8 heteroatoms. The molecule has 2 heterocycles. The van der Waals surface area contributed by atoms with E-state index in [2.05, 4.69) is 15.3 Å². The Bertz CT molecular complexity index is 923. The molecule has 0 bridgehead atoms. The van der Waals surface area contributed by atoms with Crippen molar-refractivity contribution in [2.24, 2.45) is 0 Å². The second-order valence-electron chi connectivity index (χ2n) is 5.41. The molecule has 1 amide bonds. The van der Waals surface area contributed by atoms with Gasteiger partial charge in [-0.15, -0.1) is 0 Å². The number of carbonyl (C=O) groups is 1. The second-order valence-corrected chi connectivity index (χ2v) is 6.22. The maximum atomic E-state index is 12.2. The molecule has 3 rings (SSSR count). The predicted octanol–water partition coefficient (Wildman–Crippen LogP) is 4.38. The Morgan fingerprint density at radius 2 is 1.81 bits per heavy atom. The first-order valence-electron chi connectivity index (χ1n) is 7.96. The van der Waals surface area contributed by atoms with Gasteiger partial charge in [0.2, 0.25) is 0 Å². The number of nitrogens with zero attached hydrogens (tertiary/aromatic N) is 2. The molecule has 0 saturated carbocycles. The van der Waals surface area contributed by atoms with Crippen LogP contribution in [0.3, 0.4) is 0 Å². The fraction of sp³-hybridized carbons (Fsp3) is 0.105. The van der Waals surface area contributed by atoms with E-state index in [0.717, 1.165) is 5.56 Å². The molecule has 6 nitrogen and oxygen atoms in total. The van der Waals surface area contributed by atoms with Crippen LogP contribution in [0.25, 0.3) is 0 Å². The molecule has 0 radical (unpaired) electrons. The van der Waals surface area contributed by atoms with Crippen LogP contribution in [0, 0.1) is 0 Å². The summed E-state index contributed by atoms with van der Waals surface area (Å²) < 4.78 is 11.2. The number of carbonyl (C=O) groups excluding carboxylic acids is 1. The van der Waals surface area contributed by atoms with Crippen LogP contribution in [0.15, 0.2) is 61.1 Å². The minimum absolute atomic E-state index is 0.210. The van der Waals surface area contributed by atoms with Crippen LogP contribution in [0.4, 0.5) is 5.82 Å². The molecule has 0 spiro atoms. The van der Waals surface area contributed by atoms with E-state index in [1.165, 1.54) is 0 Å². The Morgan fingerprint density at radius 3 is 2.59 bits per heavy atom. The fourth-order valence-electron chi connectivity index (χ4n) is 2.12. The van der Waals surface area contributed by atoms with Crippen molar-refractivity contribution in [3.8, 4) is 11.5 Å². The summed E-state index contributed by atoms with van der Waals surface area (Å²) in [5.41, 5.74) is 0.953. The van der Waals surface area contributed by atoms with E-state index >= 15 is 0 Å². The summed E-state index contributed by atoms with van der Waals surface area (Å²) in [6, 6.07) is 11.9. The Hall–Kier alpha value is -2.83. The van der Waals surface area contributed by atoms with Crippen LogP contribution >= 0.6 is 23.2 Å². The standard InChI is InChI=1S/C19H15Cl2N3O3/c20-15-4-3-14(10-16(15)21)26-12-18(25)24-19-17(2-1-7-23-19)27-11-13-5-8-22-9-6-13/h1-10H,11-12H2,(H,23,24,25). The molecular weight excluding hydrogens is 389 g/mol. The predicted molar refractivity (Wildman–Crippen MR) is 103 cm³/mol. The molecule has 0 fully saturated rings. The van der Waals surface area contributed by atoms with Crippen LogP contribution in [0.5, 0.6) is 11.5 Å². The van der Waals surface area contributed by atoms with E-state index in [9.17, 15) is 4.79 Å². The second kappa shape index (κ2) is 9.21. The van der Waals surface area contributed by atoms with Gasteiger partial charge in [0.15, 0.2) is 18.2 Å². The summed E-state index contributed by atoms with van der Waals surface area (Å²) in [4.78, 5) is 20.3. The maximum absolute atomic E-state index is 12.2. The summed E-state index contributed by atoms with van der Waals surface area (Å²) in [6.45, 7) is 0.120. The van der Waals surface area contributed by atoms with E-state index in [-0.39, 0.29) is 12.5 Å². The lowest BCUT2D eigenvalue weighted by Gasteiger charge is -2.12. The molecule has 1 N–H and O–H groups in total. The normalized spacial score (nSPS) is 10.3. The van der Waals surface area contributed by atoms with Crippen LogP contribution in [-0.4, -0.2) is 22.5 Å². The quantitative estimate of drug-likeness (QED) is 0.633. The lowest BCUT2D eigenvalue weighted by atomic mass is 10.3. The van der Waals surface area contributed by atoms with Gasteiger partial charge >= 0.3 is 0 Å². The number of anilines is 1. The van der Waals surface area contributed by atoms with E-state index in [1.54, 1.807) is 48.9 Å². The lowest BCUT2D eigenvalue weighted by Crippen LogP contribution is -2.21. The Morgan fingerprint density at radius 1 is 1.00 bits per heavy atom. The van der Waals surface area contributed by atoms with E-state index in [4.69, 9.17) is 32.7 Å². The van der Waals surface area contributed by atoms with Gasteiger partial charge < -0.3 is 14.8 Å². The van der Waals surface area contributed by atoms with Crippen molar-refractivity contribution in [2.45, 2.75) is 6.61 Å². The molecule has 0 aliphatic heterocycles. The van der Waals surface area contributed by atoms with E-state index in [0.29, 0.717) is 34.0 Å². The van der Waals surface area contributed by atoms with Crippen LogP contribution < -0.4 is 14.8 Å². The third-order valence-electron chi connectivity index (χ3n) is 3.43. The molecule has 27 heavy (non-hydrogen) atoms. The first-order valence-corrected chi connectivity index (χ1v) is 8.72. The van der Waals surface area contributed by atoms with Crippen molar-refractivity contribution in [2.75, 3.05) is 11.9 Å². The summed E-state index contributed by atoms with van der Waals surface area (Å²) in [7, 11) is 0. The van der Waals surface area contributed by atoms with Gasteiger partial charge in [-0.1, -0.05) is 23.2 Å². The zero-order chi connectivity index (χ0) is 19.1. The maximum Gasteiger partial charge on any atom is 0.263 e. The van der Waals surface area contributed by atoms with Gasteiger partial charge in [0.25, 0.3) is 5.91 Å². The summed E-state index contributed by atoms with van der Waals surface area (Å²) in [6.07, 6.45) is 4.94. The first-order chi connectivity index (χ1) is 13.1. The smallest absolute Gasteiger partial charge is 0.263 e. The topological polar surface area (TPSA) is 73.3 Å². The highest BCUT2D eigenvalue weighted by molar-refractivity contribution is 6.42. The fourth-order valence-corrected chi connectivity index (χ4v) is 2.41. The number of aromatic nitrogens is 2. The molecular formula is C19H15Cl2N3O3. The number of nitrogens with one attached hydrogen (secondary N) is 1. The van der Waals surface area contributed by atoms with Gasteiger partial charge in [-0.05, 0) is 42.0 Å². The van der Waals surface area contributed by atoms with E-state index < -0.39 is 0 Å². The molecule has 138 valence electrons. The Kier molecular flexibility index (Phi) is 6.46. The van der Waals surface area contributed by atoms with Crippen molar-refractivity contribution in [3.05, 3.63) is 76.7 Å². The molecule has 2 aromatic heterocycles. The largest absolute Gasteiger partial charge is 0.485 e. The van der Waals surface area contributed by atoms with Gasteiger partial charge in [0, 0.05) is 24.7 Å². The zero-order valence-electron chi connectivity index (χ0n) is 14.1. The number of ether oxygens (including phenoxy) is 2. The number of pyridine rings is 2. The minimum atomic E-state index is -0.381. The number of halogens is 2. The van der Waals surface area contributed by atoms with Gasteiger partial charge in [0.05, 0.1) is 10.0 Å². The Balaban J connectivity index is 1.58. The number of hydrogen-bond donors (Lipinski definition) is 1. The molecule has 0 unspecified atom stereocenters. The van der Waals surface area contributed by atoms with Crippen molar-refractivity contribution >= 4 is 34.9 Å². The van der Waals surface area contributed by atoms with Crippen LogP contribution in [-0.2, 0) is 11.4 Å². The molecule has 0 atom stereocenters. The van der Waals surface area contributed by atoms with Gasteiger partial charge in [-0.25, -0.2) is 4.98 Å². The van der Waals surface area contributed by atoms with Gasteiger partial charge in [0.1, 0.15) is 12.4 Å². The zero-order valence-corrected chi connectivity index (χ0v) is 15.6. The lowest BCUT2D eigenvalue weighted by molar-refractivity contribution is -0.118. The van der Waals surface area contributed by atoms with Crippen molar-refractivity contribution in [1.82, 2.24) is 9.97 Å². The molecule has 0 aliphatic rings. The average molecular weight is 404 g/mol. The molecule has 0 saturated heterocycles. The highest BCUT2D eigenvalue weighted by atomic mass is 35.5. The van der Waals surface area contributed by atoms with E-state index in [1.807, 2.05) is 12.1 Å². The van der Waals surface area contributed by atoms with Gasteiger partial charge in [-0.3, -0.25) is 9.78 Å². The molecule has 0 aliphatic carbocycles. The van der Waals surface area contributed by atoms with Crippen LogP contribution in [0.1, 0.15) is 5.56 Å². The SMILES string of the molecule is O=C(COc1ccc(Cl)c(Cl)c1)Nc1ncccc1OCc1ccncc1. The number of benzene rings is 1. The number of amides is 1. The third-order valence-corrected chi connectivity index (χ3v) is 4.17. The van der Waals surface area contributed by atoms with Crippen LogP contribution in [0.2, 0.25) is 10.0 Å². The third kappa shape index (κ3) is 5.57. The van der Waals surface area contributed by atoms with Crippen molar-refractivity contribution in [1.29, 1.82) is 0 Å². The first kappa shape index (κ1) is 18.9. The van der Waals surface area contributed by atoms with Crippen molar-refractivity contribution in [3.63, 3.8) is 0 Å². The molecule has 3 aromatic rings. The highest BCUT2D eigenvalue weighted by Crippen LogP contribution is 2.26. The summed E-state index contributed by atoms with van der Waals surface area (Å²) >= 11 is 11.8. The van der Waals surface area contributed by atoms with Gasteiger partial charge in [-0.2, -0.15) is 0 Å². The number of rotatable bonds is 7. The summed E-state index contributed by atoms with van der Waals surface area (Å²) in [5.74, 6) is 0.828. The Labute approximate surface area is 166 Å². The van der Waals surface area contributed by atoms with Crippen molar-refractivity contribution < 1.29 is 14.3 Å². The number of hydrogen-bond acceptors (Lipinski definition) is 5. The summed E-state index contributed by atoms with van der Waals surface area (Å²) in [5, 5.41) is 3.44.